The SMILES string of the molecule is C[C@]12C[C@H](c3ccc(CNc4ccc(SN)cc4)cc3)C3=C4CCC(=O)C=C4CCC3C1CC[C@@]2(O)C(F)(F)C(F)(F)F. The number of ketones is 1. The highest BCUT2D eigenvalue weighted by molar-refractivity contribution is 7.97. The fourth-order valence-corrected chi connectivity index (χ4v) is 8.73. The largest absolute Gasteiger partial charge is 0.456 e. The Balaban J connectivity index is 1.37. The molecule has 2 aromatic carbocycles. The molecule has 4 aliphatic carbocycles. The number of anilines is 1. The average Bonchev–Trinajstić information content (AvgIpc) is 3.26. The topological polar surface area (TPSA) is 75.3 Å². The summed E-state index contributed by atoms with van der Waals surface area (Å²) in [5.74, 6) is -6.39. The summed E-state index contributed by atoms with van der Waals surface area (Å²) in [6.07, 6.45) is -2.67. The van der Waals surface area contributed by atoms with Crippen molar-refractivity contribution in [3.8, 4) is 0 Å². The van der Waals surface area contributed by atoms with Crippen LogP contribution in [0.1, 0.15) is 68.9 Å². The molecule has 230 valence electrons. The van der Waals surface area contributed by atoms with Gasteiger partial charge in [0.2, 0.25) is 0 Å². The highest BCUT2D eigenvalue weighted by Gasteiger charge is 2.79. The van der Waals surface area contributed by atoms with Gasteiger partial charge in [-0.2, -0.15) is 22.0 Å². The number of fused-ring (bicyclic) bond motifs is 4. The summed E-state index contributed by atoms with van der Waals surface area (Å²) in [5.41, 5.74) is 0.934. The number of carbonyl (C=O) groups excluding carboxylic acids is 1. The minimum Gasteiger partial charge on any atom is -0.383 e. The van der Waals surface area contributed by atoms with Crippen LogP contribution in [0.25, 0.3) is 0 Å². The lowest BCUT2D eigenvalue weighted by atomic mass is 9.50. The van der Waals surface area contributed by atoms with E-state index in [9.17, 15) is 23.1 Å². The lowest BCUT2D eigenvalue weighted by molar-refractivity contribution is -0.362. The molecule has 0 spiro atoms. The van der Waals surface area contributed by atoms with Crippen LogP contribution in [0.15, 0.2) is 76.2 Å². The van der Waals surface area contributed by atoms with Crippen molar-refractivity contribution in [2.24, 2.45) is 22.4 Å². The molecular formula is C33H35F5N2O2S. The Morgan fingerprint density at radius 3 is 2.35 bits per heavy atom. The molecule has 43 heavy (non-hydrogen) atoms. The maximum atomic E-state index is 15.2. The van der Waals surface area contributed by atoms with E-state index >= 15 is 8.78 Å². The molecule has 2 unspecified atom stereocenters. The molecule has 6 rings (SSSR count). The van der Waals surface area contributed by atoms with E-state index in [1.54, 1.807) is 6.08 Å². The number of aliphatic hydroxyl groups is 1. The van der Waals surface area contributed by atoms with E-state index in [1.807, 2.05) is 48.5 Å². The van der Waals surface area contributed by atoms with E-state index < -0.39 is 41.4 Å². The summed E-state index contributed by atoms with van der Waals surface area (Å²) in [6, 6.07) is 15.4. The molecule has 4 N–H and O–H groups in total. The van der Waals surface area contributed by atoms with Gasteiger partial charge in [0.25, 0.3) is 0 Å². The first-order valence-corrected chi connectivity index (χ1v) is 15.6. The number of hydrogen-bond donors (Lipinski definition) is 3. The molecule has 0 bridgehead atoms. The Labute approximate surface area is 252 Å². The van der Waals surface area contributed by atoms with Crippen LogP contribution < -0.4 is 10.5 Å². The fraction of sp³-hybridized carbons (Fsp3) is 0.485. The van der Waals surface area contributed by atoms with E-state index in [0.29, 0.717) is 32.2 Å². The van der Waals surface area contributed by atoms with Gasteiger partial charge in [-0.25, -0.2) is 0 Å². The number of alkyl halides is 5. The monoisotopic (exact) mass is 618 g/mol. The van der Waals surface area contributed by atoms with Gasteiger partial charge in [-0.15, -0.1) is 0 Å². The average molecular weight is 619 g/mol. The Bertz CT molecular complexity index is 1470. The first kappa shape index (κ1) is 30.3. The maximum Gasteiger partial charge on any atom is 0.456 e. The van der Waals surface area contributed by atoms with Gasteiger partial charge < -0.3 is 10.4 Å². The molecule has 4 nitrogen and oxygen atoms in total. The summed E-state index contributed by atoms with van der Waals surface area (Å²) in [5, 5.41) is 20.4. The molecule has 2 saturated carbocycles. The summed E-state index contributed by atoms with van der Waals surface area (Å²) in [4.78, 5) is 13.2. The standard InChI is InChI=1S/C33H35F5N2O2S/c1-30-17-27(20-4-2-19(3-5-20)18-40-22-7-10-24(43-39)11-8-22)29-25-13-9-23(41)16-21(25)6-12-26(29)28(30)14-15-31(30,42)32(34,35)33(36,37)38/h2-5,7-8,10-11,16,26-28,40,42H,6,9,12-15,17-18,39H2,1H3/t26?,27-,28?,30+,31+/m1/s1. The molecule has 0 radical (unpaired) electrons. The molecule has 2 aromatic rings. The van der Waals surface area contributed by atoms with Crippen molar-refractivity contribution >= 4 is 23.4 Å². The normalized spacial score (nSPS) is 30.8. The number of hydrogen-bond acceptors (Lipinski definition) is 5. The molecule has 0 aromatic heterocycles. The molecule has 10 heteroatoms. The second-order valence-corrected chi connectivity index (χ2v) is 13.4. The lowest BCUT2D eigenvalue weighted by Crippen LogP contribution is -2.65. The van der Waals surface area contributed by atoms with E-state index in [2.05, 4.69) is 5.32 Å². The predicted octanol–water partition coefficient (Wildman–Crippen LogP) is 8.09. The van der Waals surface area contributed by atoms with Crippen LogP contribution in [-0.2, 0) is 11.3 Å². The van der Waals surface area contributed by atoms with Crippen LogP contribution in [0.2, 0.25) is 0 Å². The first-order valence-electron chi connectivity index (χ1n) is 14.7. The number of allylic oxidation sites excluding steroid dienone is 4. The molecule has 0 heterocycles. The third-order valence-electron chi connectivity index (χ3n) is 10.6. The Morgan fingerprint density at radius 1 is 1.00 bits per heavy atom. The summed E-state index contributed by atoms with van der Waals surface area (Å²) in [7, 11) is 0. The van der Waals surface area contributed by atoms with Crippen LogP contribution in [0, 0.1) is 17.3 Å². The Hall–Kier alpha value is -2.69. The molecule has 4 aliphatic rings. The smallest absolute Gasteiger partial charge is 0.383 e. The van der Waals surface area contributed by atoms with E-state index in [-0.39, 0.29) is 24.5 Å². The summed E-state index contributed by atoms with van der Waals surface area (Å²) >= 11 is 1.16. The van der Waals surface area contributed by atoms with Crippen molar-refractivity contribution in [3.63, 3.8) is 0 Å². The highest BCUT2D eigenvalue weighted by Crippen LogP contribution is 2.70. The number of nitrogens with one attached hydrogen (secondary N) is 1. The zero-order chi connectivity index (χ0) is 30.8. The fourth-order valence-electron chi connectivity index (χ4n) is 8.44. The van der Waals surface area contributed by atoms with Gasteiger partial charge in [-0.1, -0.05) is 36.8 Å². The number of benzene rings is 2. The molecule has 0 aliphatic heterocycles. The number of halogens is 5. The van der Waals surface area contributed by atoms with Gasteiger partial charge in [-0.3, -0.25) is 9.93 Å². The van der Waals surface area contributed by atoms with Crippen LogP contribution in [0.4, 0.5) is 27.6 Å². The zero-order valence-corrected chi connectivity index (χ0v) is 24.6. The van der Waals surface area contributed by atoms with E-state index in [1.165, 1.54) is 6.92 Å². The molecule has 0 saturated heterocycles. The highest BCUT2D eigenvalue weighted by atomic mass is 32.2. The van der Waals surface area contributed by atoms with Crippen LogP contribution in [-0.4, -0.2) is 28.6 Å². The molecular weight excluding hydrogens is 583 g/mol. The third-order valence-corrected chi connectivity index (χ3v) is 11.2. The predicted molar refractivity (Wildman–Crippen MR) is 156 cm³/mol. The van der Waals surface area contributed by atoms with Crippen molar-refractivity contribution in [2.45, 2.75) is 86.9 Å². The van der Waals surface area contributed by atoms with Crippen molar-refractivity contribution < 1.29 is 31.9 Å². The van der Waals surface area contributed by atoms with Crippen molar-refractivity contribution in [3.05, 3.63) is 82.5 Å². The van der Waals surface area contributed by atoms with Gasteiger partial charge in [0.05, 0.1) is 0 Å². The number of rotatable bonds is 6. The third kappa shape index (κ3) is 4.84. The van der Waals surface area contributed by atoms with Crippen LogP contribution in [0.3, 0.4) is 0 Å². The minimum absolute atomic E-state index is 0.0283. The summed E-state index contributed by atoms with van der Waals surface area (Å²) < 4.78 is 71.7. The van der Waals surface area contributed by atoms with E-state index in [4.69, 9.17) is 5.14 Å². The van der Waals surface area contributed by atoms with E-state index in [0.717, 1.165) is 50.4 Å². The zero-order valence-electron chi connectivity index (χ0n) is 23.8. The number of nitrogens with two attached hydrogens (primary N) is 1. The minimum atomic E-state index is -5.86. The van der Waals surface area contributed by atoms with Gasteiger partial charge >= 0.3 is 12.1 Å². The number of carbonyl (C=O) groups is 1. The molecule has 2 fully saturated rings. The van der Waals surface area contributed by atoms with Crippen LogP contribution in [0.5, 0.6) is 0 Å². The van der Waals surface area contributed by atoms with Gasteiger partial charge in [0.15, 0.2) is 5.78 Å². The van der Waals surface area contributed by atoms with Crippen molar-refractivity contribution in [1.29, 1.82) is 0 Å². The Morgan fingerprint density at radius 2 is 1.70 bits per heavy atom. The van der Waals surface area contributed by atoms with Crippen molar-refractivity contribution in [2.75, 3.05) is 5.32 Å². The second-order valence-electron chi connectivity index (χ2n) is 12.7. The van der Waals surface area contributed by atoms with Gasteiger partial charge in [-0.05, 0) is 115 Å². The molecule has 5 atom stereocenters. The lowest BCUT2D eigenvalue weighted by Gasteiger charge is -2.56. The quantitative estimate of drug-likeness (QED) is 0.225. The maximum absolute atomic E-state index is 15.2. The van der Waals surface area contributed by atoms with Gasteiger partial charge in [0, 0.05) is 34.9 Å². The first-order chi connectivity index (χ1) is 20.3. The van der Waals surface area contributed by atoms with Crippen molar-refractivity contribution in [1.82, 2.24) is 0 Å². The van der Waals surface area contributed by atoms with Crippen LogP contribution >= 0.6 is 11.9 Å². The molecule has 0 amide bonds. The second kappa shape index (κ2) is 10.7. The Kier molecular flexibility index (Phi) is 7.57. The van der Waals surface area contributed by atoms with Gasteiger partial charge in [0.1, 0.15) is 5.60 Å². The summed E-state index contributed by atoms with van der Waals surface area (Å²) in [6.45, 7) is 1.98.